The van der Waals surface area contributed by atoms with E-state index in [-0.39, 0.29) is 11.6 Å². The number of nitrogens with zero attached hydrogens (tertiary/aromatic N) is 1. The number of nitrogens with one attached hydrogen (secondary N) is 1. The van der Waals surface area contributed by atoms with E-state index < -0.39 is 5.91 Å². The molecule has 0 aliphatic carbocycles. The molecule has 156 valence electrons. The molecule has 1 N–H and O–H groups in total. The van der Waals surface area contributed by atoms with Gasteiger partial charge in [0.1, 0.15) is 24.0 Å². The van der Waals surface area contributed by atoms with Crippen molar-refractivity contribution in [3.05, 3.63) is 105 Å². The Morgan fingerprint density at radius 2 is 1.81 bits per heavy atom. The van der Waals surface area contributed by atoms with Gasteiger partial charge in [0, 0.05) is 15.6 Å². The molecule has 0 radical (unpaired) electrons. The first-order valence-corrected chi connectivity index (χ1v) is 10.4. The van der Waals surface area contributed by atoms with Gasteiger partial charge in [0.15, 0.2) is 0 Å². The Hall–Kier alpha value is -3.26. The molecule has 31 heavy (non-hydrogen) atoms. The quantitative estimate of drug-likeness (QED) is 0.336. The number of amides is 1. The van der Waals surface area contributed by atoms with Crippen LogP contribution in [0.15, 0.2) is 78.4 Å². The van der Waals surface area contributed by atoms with Gasteiger partial charge in [-0.25, -0.2) is 0 Å². The number of benzene rings is 3. The third-order valence-electron chi connectivity index (χ3n) is 4.61. The first-order chi connectivity index (χ1) is 15.0. The SMILES string of the molecule is C[C@@H](NC(=O)/C(C#N)=C\c1ccc(OCc2ccc(Cl)cc2Cl)cc1)c1ccccc1. The van der Waals surface area contributed by atoms with Crippen LogP contribution in [0.2, 0.25) is 10.0 Å². The minimum Gasteiger partial charge on any atom is -0.489 e. The lowest BCUT2D eigenvalue weighted by Crippen LogP contribution is -2.27. The molecule has 0 bridgehead atoms. The highest BCUT2D eigenvalue weighted by molar-refractivity contribution is 6.35. The second-order valence-electron chi connectivity index (χ2n) is 6.87. The summed E-state index contributed by atoms with van der Waals surface area (Å²) in [4.78, 5) is 12.5. The molecule has 0 saturated heterocycles. The summed E-state index contributed by atoms with van der Waals surface area (Å²) in [5.74, 6) is 0.223. The number of hydrogen-bond donors (Lipinski definition) is 1. The van der Waals surface area contributed by atoms with Crippen molar-refractivity contribution in [3.8, 4) is 11.8 Å². The third-order valence-corrected chi connectivity index (χ3v) is 5.20. The van der Waals surface area contributed by atoms with Crippen LogP contribution in [0.3, 0.4) is 0 Å². The van der Waals surface area contributed by atoms with E-state index in [1.54, 1.807) is 42.5 Å². The first kappa shape index (κ1) is 22.4. The number of hydrogen-bond acceptors (Lipinski definition) is 3. The van der Waals surface area contributed by atoms with Gasteiger partial charge in [-0.3, -0.25) is 4.79 Å². The predicted molar refractivity (Wildman–Crippen MR) is 124 cm³/mol. The maximum absolute atomic E-state index is 12.5. The fraction of sp³-hybridized carbons (Fsp3) is 0.120. The summed E-state index contributed by atoms with van der Waals surface area (Å²) < 4.78 is 5.76. The van der Waals surface area contributed by atoms with Gasteiger partial charge in [-0.2, -0.15) is 5.26 Å². The van der Waals surface area contributed by atoms with Gasteiger partial charge in [-0.15, -0.1) is 0 Å². The van der Waals surface area contributed by atoms with Crippen LogP contribution in [0, 0.1) is 11.3 Å². The lowest BCUT2D eigenvalue weighted by molar-refractivity contribution is -0.117. The van der Waals surface area contributed by atoms with Gasteiger partial charge in [0.25, 0.3) is 5.91 Å². The van der Waals surface area contributed by atoms with Gasteiger partial charge in [-0.05, 0) is 48.4 Å². The van der Waals surface area contributed by atoms with Crippen LogP contribution in [-0.2, 0) is 11.4 Å². The van der Waals surface area contributed by atoms with Gasteiger partial charge in [-0.1, -0.05) is 71.7 Å². The summed E-state index contributed by atoms with van der Waals surface area (Å²) in [7, 11) is 0. The molecule has 3 aromatic carbocycles. The van der Waals surface area contributed by atoms with Crippen molar-refractivity contribution in [1.82, 2.24) is 5.32 Å². The number of carbonyl (C=O) groups excluding carboxylic acids is 1. The van der Waals surface area contributed by atoms with Crippen LogP contribution in [0.5, 0.6) is 5.75 Å². The number of ether oxygens (including phenoxy) is 1. The molecule has 0 saturated carbocycles. The van der Waals surface area contributed by atoms with Crippen molar-refractivity contribution >= 4 is 35.2 Å². The highest BCUT2D eigenvalue weighted by Crippen LogP contribution is 2.23. The molecule has 6 heteroatoms. The van der Waals surface area contributed by atoms with E-state index in [1.807, 2.05) is 49.4 Å². The summed E-state index contributed by atoms with van der Waals surface area (Å²) in [6, 6.07) is 23.7. The van der Waals surface area contributed by atoms with Crippen LogP contribution in [0.1, 0.15) is 29.7 Å². The molecule has 0 aliphatic rings. The van der Waals surface area contributed by atoms with Gasteiger partial charge >= 0.3 is 0 Å². The van der Waals surface area contributed by atoms with Crippen molar-refractivity contribution in [2.75, 3.05) is 0 Å². The lowest BCUT2D eigenvalue weighted by Gasteiger charge is -2.13. The van der Waals surface area contributed by atoms with E-state index in [0.29, 0.717) is 22.4 Å². The molecule has 0 heterocycles. The van der Waals surface area contributed by atoms with Gasteiger partial charge < -0.3 is 10.1 Å². The van der Waals surface area contributed by atoms with E-state index in [9.17, 15) is 10.1 Å². The normalized spacial score (nSPS) is 12.0. The molecule has 1 amide bonds. The number of nitriles is 1. The summed E-state index contributed by atoms with van der Waals surface area (Å²) >= 11 is 12.1. The average molecular weight is 451 g/mol. The highest BCUT2D eigenvalue weighted by Gasteiger charge is 2.13. The highest BCUT2D eigenvalue weighted by atomic mass is 35.5. The fourth-order valence-electron chi connectivity index (χ4n) is 2.87. The summed E-state index contributed by atoms with van der Waals surface area (Å²) in [6.07, 6.45) is 1.55. The Balaban J connectivity index is 1.63. The van der Waals surface area contributed by atoms with E-state index in [0.717, 1.165) is 16.7 Å². The van der Waals surface area contributed by atoms with Crippen molar-refractivity contribution in [3.63, 3.8) is 0 Å². The summed E-state index contributed by atoms with van der Waals surface area (Å²) in [5, 5.41) is 13.4. The van der Waals surface area contributed by atoms with Crippen molar-refractivity contribution in [1.29, 1.82) is 5.26 Å². The molecule has 1 atom stereocenters. The Morgan fingerprint density at radius 3 is 2.45 bits per heavy atom. The maximum atomic E-state index is 12.5. The standard InChI is InChI=1S/C25H20Cl2N2O2/c1-17(19-5-3-2-4-6-19)29-25(30)21(15-28)13-18-7-11-23(12-8-18)31-16-20-9-10-22(26)14-24(20)27/h2-14,17H,16H2,1H3,(H,29,30)/b21-13-/t17-/m1/s1. The second-order valence-corrected chi connectivity index (χ2v) is 7.71. The van der Waals surface area contributed by atoms with Crippen LogP contribution in [-0.4, -0.2) is 5.91 Å². The summed E-state index contributed by atoms with van der Waals surface area (Å²) in [5.41, 5.74) is 2.54. The molecule has 3 aromatic rings. The summed E-state index contributed by atoms with van der Waals surface area (Å²) in [6.45, 7) is 2.18. The molecule has 0 fully saturated rings. The Labute approximate surface area is 191 Å². The zero-order chi connectivity index (χ0) is 22.2. The fourth-order valence-corrected chi connectivity index (χ4v) is 3.34. The first-order valence-electron chi connectivity index (χ1n) is 9.60. The zero-order valence-electron chi connectivity index (χ0n) is 16.8. The minimum absolute atomic E-state index is 0.0318. The van der Waals surface area contributed by atoms with Crippen molar-refractivity contribution < 1.29 is 9.53 Å². The molecule has 4 nitrogen and oxygen atoms in total. The Kier molecular flexibility index (Phi) is 7.72. The maximum Gasteiger partial charge on any atom is 0.262 e. The molecular weight excluding hydrogens is 431 g/mol. The minimum atomic E-state index is -0.420. The third kappa shape index (κ3) is 6.36. The van der Waals surface area contributed by atoms with E-state index >= 15 is 0 Å². The van der Waals surface area contributed by atoms with Crippen LogP contribution in [0.4, 0.5) is 0 Å². The van der Waals surface area contributed by atoms with E-state index in [4.69, 9.17) is 27.9 Å². The Morgan fingerprint density at radius 1 is 1.10 bits per heavy atom. The van der Waals surface area contributed by atoms with Crippen LogP contribution >= 0.6 is 23.2 Å². The van der Waals surface area contributed by atoms with Crippen LogP contribution in [0.25, 0.3) is 6.08 Å². The molecule has 0 unspecified atom stereocenters. The number of halogens is 2. The molecule has 3 rings (SSSR count). The van der Waals surface area contributed by atoms with E-state index in [2.05, 4.69) is 5.32 Å². The predicted octanol–water partition coefficient (Wildman–Crippen LogP) is 6.36. The topological polar surface area (TPSA) is 62.1 Å². The lowest BCUT2D eigenvalue weighted by atomic mass is 10.1. The number of rotatable bonds is 7. The van der Waals surface area contributed by atoms with Crippen LogP contribution < -0.4 is 10.1 Å². The zero-order valence-corrected chi connectivity index (χ0v) is 18.3. The van der Waals surface area contributed by atoms with Gasteiger partial charge in [0.2, 0.25) is 0 Å². The molecule has 0 aliphatic heterocycles. The molecule has 0 spiro atoms. The largest absolute Gasteiger partial charge is 0.489 e. The Bertz CT molecular complexity index is 1120. The monoisotopic (exact) mass is 450 g/mol. The van der Waals surface area contributed by atoms with Crippen molar-refractivity contribution in [2.24, 2.45) is 0 Å². The van der Waals surface area contributed by atoms with Gasteiger partial charge in [0.05, 0.1) is 6.04 Å². The van der Waals surface area contributed by atoms with E-state index in [1.165, 1.54) is 0 Å². The molecular formula is C25H20Cl2N2O2. The number of carbonyl (C=O) groups is 1. The molecule has 0 aromatic heterocycles. The smallest absolute Gasteiger partial charge is 0.262 e. The second kappa shape index (κ2) is 10.7. The van der Waals surface area contributed by atoms with Crippen molar-refractivity contribution in [2.45, 2.75) is 19.6 Å². The average Bonchev–Trinajstić information content (AvgIpc) is 2.78.